The number of halogens is 2. The second-order valence-corrected chi connectivity index (χ2v) is 6.95. The molecule has 3 rings (SSSR count). The van der Waals surface area contributed by atoms with E-state index in [9.17, 15) is 14.0 Å². The fourth-order valence-electron chi connectivity index (χ4n) is 3.63. The second kappa shape index (κ2) is 7.51. The van der Waals surface area contributed by atoms with E-state index in [2.05, 4.69) is 0 Å². The molecular formula is C18H22ClFN2O2. The third-order valence-corrected chi connectivity index (χ3v) is 5.28. The van der Waals surface area contributed by atoms with Gasteiger partial charge in [0.2, 0.25) is 5.91 Å². The first kappa shape index (κ1) is 17.2. The Labute approximate surface area is 146 Å². The van der Waals surface area contributed by atoms with Gasteiger partial charge in [-0.05, 0) is 50.3 Å². The van der Waals surface area contributed by atoms with Gasteiger partial charge in [-0.3, -0.25) is 9.59 Å². The fraction of sp³-hybridized carbons (Fsp3) is 0.556. The Balaban J connectivity index is 1.70. The summed E-state index contributed by atoms with van der Waals surface area (Å²) in [5.41, 5.74) is 0.223. The lowest BCUT2D eigenvalue weighted by atomic mass is 9.98. The molecule has 2 aliphatic heterocycles. The van der Waals surface area contributed by atoms with Gasteiger partial charge in [0.15, 0.2) is 0 Å². The van der Waals surface area contributed by atoms with Crippen LogP contribution >= 0.6 is 11.6 Å². The van der Waals surface area contributed by atoms with Crippen LogP contribution in [0.2, 0.25) is 5.02 Å². The predicted octanol–water partition coefficient (Wildman–Crippen LogP) is 3.49. The Kier molecular flexibility index (Phi) is 5.39. The van der Waals surface area contributed by atoms with E-state index in [1.165, 1.54) is 18.2 Å². The quantitative estimate of drug-likeness (QED) is 0.832. The lowest BCUT2D eigenvalue weighted by molar-refractivity contribution is -0.127. The minimum Gasteiger partial charge on any atom is -0.343 e. The predicted molar refractivity (Wildman–Crippen MR) is 90.5 cm³/mol. The number of piperidine rings is 1. The van der Waals surface area contributed by atoms with Crippen LogP contribution in [0.3, 0.4) is 0 Å². The molecule has 0 aliphatic carbocycles. The number of carbonyl (C=O) groups excluding carboxylic acids is 2. The summed E-state index contributed by atoms with van der Waals surface area (Å²) in [5.74, 6) is -0.465. The highest BCUT2D eigenvalue weighted by Gasteiger charge is 2.30. The van der Waals surface area contributed by atoms with Crippen molar-refractivity contribution in [3.05, 3.63) is 34.6 Å². The summed E-state index contributed by atoms with van der Waals surface area (Å²) >= 11 is 6.09. The maximum Gasteiger partial charge on any atom is 0.255 e. The Morgan fingerprint density at radius 3 is 2.83 bits per heavy atom. The molecule has 4 nitrogen and oxygen atoms in total. The van der Waals surface area contributed by atoms with Crippen LogP contribution in [-0.4, -0.2) is 47.3 Å². The number of hydrogen-bond donors (Lipinski definition) is 0. The molecule has 6 heteroatoms. The van der Waals surface area contributed by atoms with E-state index in [1.807, 2.05) is 9.80 Å². The van der Waals surface area contributed by atoms with E-state index in [0.29, 0.717) is 19.5 Å². The average Bonchev–Trinajstić information content (AvgIpc) is 3.00. The fourth-order valence-corrected chi connectivity index (χ4v) is 3.83. The highest BCUT2D eigenvalue weighted by Crippen LogP contribution is 2.26. The van der Waals surface area contributed by atoms with Crippen LogP contribution < -0.4 is 0 Å². The molecule has 0 N–H and O–H groups in total. The van der Waals surface area contributed by atoms with Crippen molar-refractivity contribution in [1.29, 1.82) is 0 Å². The van der Waals surface area contributed by atoms with Gasteiger partial charge in [0.05, 0.1) is 10.6 Å². The van der Waals surface area contributed by atoms with Crippen molar-refractivity contribution in [3.8, 4) is 0 Å². The van der Waals surface area contributed by atoms with Gasteiger partial charge in [-0.15, -0.1) is 0 Å². The van der Waals surface area contributed by atoms with Crippen LogP contribution in [0.4, 0.5) is 4.39 Å². The number of nitrogens with zero attached hydrogens (tertiary/aromatic N) is 2. The van der Waals surface area contributed by atoms with Gasteiger partial charge >= 0.3 is 0 Å². The van der Waals surface area contributed by atoms with Crippen LogP contribution in [0.5, 0.6) is 0 Å². The van der Waals surface area contributed by atoms with E-state index in [1.54, 1.807) is 0 Å². The molecule has 2 amide bonds. The highest BCUT2D eigenvalue weighted by atomic mass is 35.5. The molecule has 1 aromatic rings. The van der Waals surface area contributed by atoms with Gasteiger partial charge in [-0.1, -0.05) is 11.6 Å². The van der Waals surface area contributed by atoms with E-state index < -0.39 is 5.82 Å². The molecule has 130 valence electrons. The minimum atomic E-state index is -0.459. The summed E-state index contributed by atoms with van der Waals surface area (Å²) in [5, 5.41) is 0.278. The third-order valence-electron chi connectivity index (χ3n) is 4.95. The smallest absolute Gasteiger partial charge is 0.255 e. The van der Waals surface area contributed by atoms with Gasteiger partial charge in [0.1, 0.15) is 5.82 Å². The molecule has 0 saturated carbocycles. The molecule has 1 aromatic carbocycles. The van der Waals surface area contributed by atoms with Crippen molar-refractivity contribution in [2.45, 2.75) is 44.6 Å². The van der Waals surface area contributed by atoms with E-state index >= 15 is 0 Å². The summed E-state index contributed by atoms with van der Waals surface area (Å²) in [6.07, 6.45) is 5.25. The van der Waals surface area contributed by atoms with Gasteiger partial charge in [0.25, 0.3) is 5.91 Å². The summed E-state index contributed by atoms with van der Waals surface area (Å²) in [4.78, 5) is 28.3. The first-order valence-corrected chi connectivity index (χ1v) is 8.98. The minimum absolute atomic E-state index is 0.0824. The lowest BCUT2D eigenvalue weighted by Crippen LogP contribution is -2.45. The standard InChI is InChI=1S/C18H22ClFN2O2/c19-16-7-6-13(20)12-15(16)18(24)22-10-2-1-4-14(22)8-11-21-9-3-5-17(21)23/h6-7,12,14H,1-5,8-11H2/t14-/m1/s1. The Bertz CT molecular complexity index is 637. The van der Waals surface area contributed by atoms with Crippen LogP contribution in [0.15, 0.2) is 18.2 Å². The molecule has 2 fully saturated rings. The second-order valence-electron chi connectivity index (χ2n) is 6.55. The van der Waals surface area contributed by atoms with Crippen molar-refractivity contribution in [2.24, 2.45) is 0 Å². The normalized spacial score (nSPS) is 21.4. The molecule has 0 aromatic heterocycles. The molecule has 0 spiro atoms. The highest BCUT2D eigenvalue weighted by molar-refractivity contribution is 6.33. The van der Waals surface area contributed by atoms with E-state index in [-0.39, 0.29) is 28.4 Å². The number of benzene rings is 1. The summed E-state index contributed by atoms with van der Waals surface area (Å²) in [6, 6.07) is 3.97. The molecule has 24 heavy (non-hydrogen) atoms. The van der Waals surface area contributed by atoms with E-state index in [4.69, 9.17) is 11.6 Å². The zero-order valence-electron chi connectivity index (χ0n) is 13.6. The summed E-state index contributed by atoms with van der Waals surface area (Å²) in [6.45, 7) is 2.16. The molecule has 2 aliphatic rings. The summed E-state index contributed by atoms with van der Waals surface area (Å²) < 4.78 is 13.5. The van der Waals surface area contributed by atoms with Crippen molar-refractivity contribution in [2.75, 3.05) is 19.6 Å². The van der Waals surface area contributed by atoms with Crippen LogP contribution in [-0.2, 0) is 4.79 Å². The number of amides is 2. The maximum atomic E-state index is 13.5. The molecule has 0 radical (unpaired) electrons. The molecule has 0 bridgehead atoms. The van der Waals surface area contributed by atoms with Gasteiger partial charge in [-0.2, -0.15) is 0 Å². The summed E-state index contributed by atoms with van der Waals surface area (Å²) in [7, 11) is 0. The zero-order valence-corrected chi connectivity index (χ0v) is 14.4. The zero-order chi connectivity index (χ0) is 17.1. The van der Waals surface area contributed by atoms with Crippen LogP contribution in [0, 0.1) is 5.82 Å². The number of hydrogen-bond acceptors (Lipinski definition) is 2. The largest absolute Gasteiger partial charge is 0.343 e. The molecular weight excluding hydrogens is 331 g/mol. The number of carbonyl (C=O) groups is 2. The van der Waals surface area contributed by atoms with Crippen molar-refractivity contribution in [3.63, 3.8) is 0 Å². The molecule has 1 atom stereocenters. The maximum absolute atomic E-state index is 13.5. The molecule has 0 unspecified atom stereocenters. The monoisotopic (exact) mass is 352 g/mol. The van der Waals surface area contributed by atoms with Crippen LogP contribution in [0.1, 0.15) is 48.9 Å². The number of likely N-dealkylation sites (tertiary alicyclic amines) is 2. The van der Waals surface area contributed by atoms with Crippen molar-refractivity contribution >= 4 is 23.4 Å². The van der Waals surface area contributed by atoms with Crippen LogP contribution in [0.25, 0.3) is 0 Å². The third kappa shape index (κ3) is 3.72. The van der Waals surface area contributed by atoms with Gasteiger partial charge < -0.3 is 9.80 Å². The Morgan fingerprint density at radius 1 is 1.25 bits per heavy atom. The first-order valence-electron chi connectivity index (χ1n) is 8.60. The average molecular weight is 353 g/mol. The van der Waals surface area contributed by atoms with E-state index in [0.717, 1.165) is 38.6 Å². The lowest BCUT2D eigenvalue weighted by Gasteiger charge is -2.37. The molecule has 2 saturated heterocycles. The Morgan fingerprint density at radius 2 is 2.08 bits per heavy atom. The van der Waals surface area contributed by atoms with Gasteiger partial charge in [0, 0.05) is 32.1 Å². The number of rotatable bonds is 4. The topological polar surface area (TPSA) is 40.6 Å². The van der Waals surface area contributed by atoms with Gasteiger partial charge in [-0.25, -0.2) is 4.39 Å². The Hall–Kier alpha value is -1.62. The first-order chi connectivity index (χ1) is 11.6. The SMILES string of the molecule is O=C1CCCN1CC[C@H]1CCCCN1C(=O)c1cc(F)ccc1Cl. The van der Waals surface area contributed by atoms with Crippen molar-refractivity contribution in [1.82, 2.24) is 9.80 Å². The molecule has 2 heterocycles. The van der Waals surface area contributed by atoms with Crippen molar-refractivity contribution < 1.29 is 14.0 Å².